The molecule has 1 aliphatic rings. The number of fused-ring (bicyclic) bond motifs is 1. The number of benzene rings is 2. The van der Waals surface area contributed by atoms with Gasteiger partial charge in [-0.05, 0) is 62.2 Å². The summed E-state index contributed by atoms with van der Waals surface area (Å²) in [7, 11) is -3.59. The van der Waals surface area contributed by atoms with Gasteiger partial charge in [-0.3, -0.25) is 9.69 Å². The van der Waals surface area contributed by atoms with Crippen LogP contribution in [0.15, 0.2) is 47.4 Å². The third-order valence-electron chi connectivity index (χ3n) is 5.99. The Morgan fingerprint density at radius 1 is 1.14 bits per heavy atom. The molecule has 0 bridgehead atoms. The third-order valence-corrected chi connectivity index (χ3v) is 9.10. The van der Waals surface area contributed by atoms with E-state index in [9.17, 15) is 13.2 Å². The van der Waals surface area contributed by atoms with Gasteiger partial charge in [0.1, 0.15) is 5.75 Å². The topological polar surface area (TPSA) is 89.0 Å². The summed E-state index contributed by atoms with van der Waals surface area (Å²) in [5.41, 5.74) is 1.19. The van der Waals surface area contributed by atoms with Crippen LogP contribution in [0.2, 0.25) is 0 Å². The van der Waals surface area contributed by atoms with Crippen LogP contribution < -0.4 is 9.64 Å². The van der Waals surface area contributed by atoms with Crippen molar-refractivity contribution in [3.8, 4) is 5.75 Å². The summed E-state index contributed by atoms with van der Waals surface area (Å²) in [5, 5.41) is 0.578. The fourth-order valence-electron chi connectivity index (χ4n) is 4.14. The molecule has 2 aromatic carbocycles. The zero-order valence-electron chi connectivity index (χ0n) is 20.3. The number of sulfonamides is 1. The molecule has 1 aromatic heterocycles. The lowest BCUT2D eigenvalue weighted by molar-refractivity contribution is 0.0917. The highest BCUT2D eigenvalue weighted by molar-refractivity contribution is 7.89. The van der Waals surface area contributed by atoms with Crippen molar-refractivity contribution in [2.24, 2.45) is 0 Å². The van der Waals surface area contributed by atoms with Gasteiger partial charge in [-0.25, -0.2) is 13.4 Å². The van der Waals surface area contributed by atoms with E-state index in [1.807, 2.05) is 25.1 Å². The van der Waals surface area contributed by atoms with Crippen LogP contribution in [0.1, 0.15) is 44.0 Å². The first-order valence-electron chi connectivity index (χ1n) is 11.9. The Morgan fingerprint density at radius 3 is 2.51 bits per heavy atom. The molecule has 1 unspecified atom stereocenters. The summed E-state index contributed by atoms with van der Waals surface area (Å²) < 4.78 is 39.4. The molecular weight excluding hydrogens is 486 g/mol. The normalized spacial score (nSPS) is 16.2. The highest BCUT2D eigenvalue weighted by atomic mass is 32.2. The third kappa shape index (κ3) is 5.50. The lowest BCUT2D eigenvalue weighted by Gasteiger charge is -2.23. The maximum Gasteiger partial charge on any atom is 0.260 e. The SMILES string of the molecule is CCOc1ccc2nc(N(CC3CCCO3)C(=O)c3ccc(S(=O)(=O)N(CC)CC)cc3)sc2c1. The van der Waals surface area contributed by atoms with Crippen molar-refractivity contribution in [3.63, 3.8) is 0 Å². The van der Waals surface area contributed by atoms with Crippen LogP contribution in [0.3, 0.4) is 0 Å². The van der Waals surface area contributed by atoms with Gasteiger partial charge in [0.25, 0.3) is 5.91 Å². The number of amides is 1. The number of hydrogen-bond acceptors (Lipinski definition) is 7. The van der Waals surface area contributed by atoms with E-state index in [-0.39, 0.29) is 16.9 Å². The maximum atomic E-state index is 13.6. The molecule has 1 aliphatic heterocycles. The van der Waals surface area contributed by atoms with E-state index < -0.39 is 10.0 Å². The number of hydrogen-bond donors (Lipinski definition) is 0. The summed E-state index contributed by atoms with van der Waals surface area (Å²) in [4.78, 5) is 20.2. The van der Waals surface area contributed by atoms with Gasteiger partial charge in [0.05, 0.1) is 34.4 Å². The number of thiazole rings is 1. The predicted octanol–water partition coefficient (Wildman–Crippen LogP) is 4.55. The molecule has 1 amide bonds. The molecule has 8 nitrogen and oxygen atoms in total. The lowest BCUT2D eigenvalue weighted by atomic mass is 10.2. The Labute approximate surface area is 210 Å². The van der Waals surface area contributed by atoms with Gasteiger partial charge in [0.2, 0.25) is 10.0 Å². The Morgan fingerprint density at radius 2 is 1.89 bits per heavy atom. The molecule has 0 spiro atoms. The minimum atomic E-state index is -3.59. The lowest BCUT2D eigenvalue weighted by Crippen LogP contribution is -2.37. The first kappa shape index (κ1) is 25.6. The minimum Gasteiger partial charge on any atom is -0.494 e. The monoisotopic (exact) mass is 517 g/mol. The first-order valence-corrected chi connectivity index (χ1v) is 14.2. The van der Waals surface area contributed by atoms with E-state index in [1.54, 1.807) is 30.9 Å². The Kier molecular flexibility index (Phi) is 8.05. The van der Waals surface area contributed by atoms with Gasteiger partial charge < -0.3 is 9.47 Å². The van der Waals surface area contributed by atoms with Gasteiger partial charge in [-0.1, -0.05) is 25.2 Å². The fourth-order valence-corrected chi connectivity index (χ4v) is 6.60. The quantitative estimate of drug-likeness (QED) is 0.392. The number of aromatic nitrogens is 1. The van der Waals surface area contributed by atoms with Crippen LogP contribution in [0.5, 0.6) is 5.75 Å². The molecule has 0 aliphatic carbocycles. The zero-order valence-corrected chi connectivity index (χ0v) is 21.9. The van der Waals surface area contributed by atoms with Crippen LogP contribution in [-0.4, -0.2) is 62.6 Å². The number of rotatable bonds is 10. The molecule has 1 fully saturated rings. The van der Waals surface area contributed by atoms with E-state index >= 15 is 0 Å². The van der Waals surface area contributed by atoms with Crippen LogP contribution in [0, 0.1) is 0 Å². The first-order chi connectivity index (χ1) is 16.9. The second kappa shape index (κ2) is 11.0. The second-order valence-electron chi connectivity index (χ2n) is 8.22. The van der Waals surface area contributed by atoms with Crippen LogP contribution in [0.25, 0.3) is 10.2 Å². The summed E-state index contributed by atoms with van der Waals surface area (Å²) in [6.45, 7) is 7.95. The van der Waals surface area contributed by atoms with Gasteiger partial charge >= 0.3 is 0 Å². The highest BCUT2D eigenvalue weighted by Gasteiger charge is 2.28. The number of anilines is 1. The van der Waals surface area contributed by atoms with Crippen LogP contribution >= 0.6 is 11.3 Å². The van der Waals surface area contributed by atoms with Gasteiger partial charge in [0.15, 0.2) is 5.13 Å². The largest absolute Gasteiger partial charge is 0.494 e. The van der Waals surface area contributed by atoms with E-state index in [0.717, 1.165) is 28.8 Å². The molecule has 35 heavy (non-hydrogen) atoms. The van der Waals surface area contributed by atoms with Gasteiger partial charge in [0, 0.05) is 25.3 Å². The van der Waals surface area contributed by atoms with Crippen molar-refractivity contribution >= 4 is 42.6 Å². The molecule has 10 heteroatoms. The molecule has 0 radical (unpaired) electrons. The smallest absolute Gasteiger partial charge is 0.260 e. The Hall–Kier alpha value is -2.53. The number of ether oxygens (including phenoxy) is 2. The Balaban J connectivity index is 1.65. The number of carbonyl (C=O) groups is 1. The second-order valence-corrected chi connectivity index (χ2v) is 11.2. The average molecular weight is 518 g/mol. The van der Waals surface area contributed by atoms with Crippen molar-refractivity contribution in [2.45, 2.75) is 44.6 Å². The molecule has 0 N–H and O–H groups in total. The van der Waals surface area contributed by atoms with Crippen molar-refractivity contribution < 1.29 is 22.7 Å². The van der Waals surface area contributed by atoms with Gasteiger partial charge in [-0.2, -0.15) is 4.31 Å². The van der Waals surface area contributed by atoms with E-state index in [0.29, 0.717) is 43.5 Å². The molecule has 4 rings (SSSR count). The van der Waals surface area contributed by atoms with E-state index in [2.05, 4.69) is 0 Å². The zero-order chi connectivity index (χ0) is 25.0. The summed E-state index contributed by atoms with van der Waals surface area (Å²) in [6.07, 6.45) is 1.78. The summed E-state index contributed by atoms with van der Waals surface area (Å²) >= 11 is 1.42. The average Bonchev–Trinajstić information content (AvgIpc) is 3.52. The molecule has 3 aromatic rings. The van der Waals surface area contributed by atoms with E-state index in [4.69, 9.17) is 14.5 Å². The molecule has 1 saturated heterocycles. The van der Waals surface area contributed by atoms with Crippen molar-refractivity contribution in [1.82, 2.24) is 9.29 Å². The summed E-state index contributed by atoms with van der Waals surface area (Å²) in [5.74, 6) is 0.522. The highest BCUT2D eigenvalue weighted by Crippen LogP contribution is 2.33. The molecule has 2 heterocycles. The van der Waals surface area contributed by atoms with Crippen molar-refractivity contribution in [1.29, 1.82) is 0 Å². The molecule has 1 atom stereocenters. The molecule has 0 saturated carbocycles. The minimum absolute atomic E-state index is 0.0627. The molecule has 188 valence electrons. The van der Waals surface area contributed by atoms with Crippen molar-refractivity contribution in [2.75, 3.05) is 37.7 Å². The van der Waals surface area contributed by atoms with Gasteiger partial charge in [-0.15, -0.1) is 0 Å². The van der Waals surface area contributed by atoms with Crippen LogP contribution in [0.4, 0.5) is 5.13 Å². The van der Waals surface area contributed by atoms with Crippen LogP contribution in [-0.2, 0) is 14.8 Å². The summed E-state index contributed by atoms with van der Waals surface area (Å²) in [6, 6.07) is 11.8. The van der Waals surface area contributed by atoms with Crippen molar-refractivity contribution in [3.05, 3.63) is 48.0 Å². The number of nitrogens with zero attached hydrogens (tertiary/aromatic N) is 3. The fraction of sp³-hybridized carbons (Fsp3) is 0.440. The molecular formula is C25H31N3O5S2. The maximum absolute atomic E-state index is 13.6. The predicted molar refractivity (Wildman–Crippen MR) is 138 cm³/mol. The standard InChI is InChI=1S/C25H31N3O5S2/c1-4-27(5-2)35(30,31)21-12-9-18(10-13-21)24(29)28(17-20-8-7-15-33-20)25-26-22-14-11-19(32-6-3)16-23(22)34-25/h9-14,16,20H,4-8,15,17H2,1-3H3. The Bertz CT molecular complexity index is 1260. The van der Waals surface area contributed by atoms with E-state index in [1.165, 1.54) is 27.8 Å². The number of carbonyl (C=O) groups excluding carboxylic acids is 1.